The SMILES string of the molecule is CC(=O)O[C@@H]1O[C@H](COC(=O)c2ccccc2)[C@@](C)(OC(C)=O)[C@H]1OC(=O)c1ccccc1. The average Bonchev–Trinajstić information content (AvgIpc) is 3.02. The van der Waals surface area contributed by atoms with Crippen LogP contribution in [0.5, 0.6) is 0 Å². The number of esters is 4. The van der Waals surface area contributed by atoms with E-state index in [0.717, 1.165) is 6.92 Å². The summed E-state index contributed by atoms with van der Waals surface area (Å²) in [5.41, 5.74) is -1.07. The highest BCUT2D eigenvalue weighted by molar-refractivity contribution is 5.90. The fourth-order valence-electron chi connectivity index (χ4n) is 3.45. The third kappa shape index (κ3) is 5.75. The highest BCUT2D eigenvalue weighted by Crippen LogP contribution is 2.38. The lowest BCUT2D eigenvalue weighted by atomic mass is 9.94. The van der Waals surface area contributed by atoms with Crippen molar-refractivity contribution in [1.82, 2.24) is 0 Å². The largest absolute Gasteiger partial charge is 0.459 e. The zero-order valence-electron chi connectivity index (χ0n) is 18.4. The van der Waals surface area contributed by atoms with E-state index in [1.54, 1.807) is 60.7 Å². The van der Waals surface area contributed by atoms with Gasteiger partial charge in [-0.3, -0.25) is 9.59 Å². The van der Waals surface area contributed by atoms with Crippen molar-refractivity contribution in [2.45, 2.75) is 44.9 Å². The second-order valence-electron chi connectivity index (χ2n) is 7.54. The van der Waals surface area contributed by atoms with Crippen LogP contribution in [0.4, 0.5) is 0 Å². The summed E-state index contributed by atoms with van der Waals surface area (Å²) in [6, 6.07) is 16.4. The van der Waals surface area contributed by atoms with E-state index in [4.69, 9.17) is 23.7 Å². The molecule has 4 atom stereocenters. The summed E-state index contributed by atoms with van der Waals surface area (Å²) >= 11 is 0. The summed E-state index contributed by atoms with van der Waals surface area (Å²) in [5, 5.41) is 0. The van der Waals surface area contributed by atoms with Crippen LogP contribution in [0.25, 0.3) is 0 Å². The van der Waals surface area contributed by atoms with Gasteiger partial charge in [-0.05, 0) is 31.2 Å². The number of rotatable bonds is 7. The Balaban J connectivity index is 1.85. The molecule has 1 aliphatic rings. The molecule has 174 valence electrons. The summed E-state index contributed by atoms with van der Waals surface area (Å²) in [7, 11) is 0. The van der Waals surface area contributed by atoms with Crippen molar-refractivity contribution in [1.29, 1.82) is 0 Å². The number of benzene rings is 2. The Morgan fingerprint density at radius 3 is 1.88 bits per heavy atom. The Morgan fingerprint density at radius 2 is 1.36 bits per heavy atom. The molecule has 0 unspecified atom stereocenters. The van der Waals surface area contributed by atoms with Crippen LogP contribution in [0.15, 0.2) is 60.7 Å². The molecule has 3 rings (SSSR count). The molecule has 1 heterocycles. The van der Waals surface area contributed by atoms with Gasteiger partial charge in [0.2, 0.25) is 12.4 Å². The fraction of sp³-hybridized carbons (Fsp3) is 0.333. The van der Waals surface area contributed by atoms with Crippen LogP contribution in [0.2, 0.25) is 0 Å². The van der Waals surface area contributed by atoms with Gasteiger partial charge in [0.25, 0.3) is 0 Å². The van der Waals surface area contributed by atoms with Crippen LogP contribution in [0.1, 0.15) is 41.5 Å². The third-order valence-electron chi connectivity index (χ3n) is 5.01. The maximum absolute atomic E-state index is 12.7. The average molecular weight is 456 g/mol. The van der Waals surface area contributed by atoms with Gasteiger partial charge in [-0.25, -0.2) is 9.59 Å². The van der Waals surface area contributed by atoms with E-state index in [9.17, 15) is 19.2 Å². The van der Waals surface area contributed by atoms with E-state index in [0.29, 0.717) is 5.56 Å². The highest BCUT2D eigenvalue weighted by atomic mass is 16.8. The molecule has 2 aromatic carbocycles. The molecule has 0 amide bonds. The van der Waals surface area contributed by atoms with Gasteiger partial charge in [-0.1, -0.05) is 36.4 Å². The Kier molecular flexibility index (Phi) is 7.44. The Hall–Kier alpha value is -3.72. The number of carbonyl (C=O) groups is 4. The van der Waals surface area contributed by atoms with E-state index >= 15 is 0 Å². The minimum absolute atomic E-state index is 0.239. The van der Waals surface area contributed by atoms with Gasteiger partial charge in [0.1, 0.15) is 12.7 Å². The summed E-state index contributed by atoms with van der Waals surface area (Å²) in [6.07, 6.45) is -3.80. The lowest BCUT2D eigenvalue weighted by Crippen LogP contribution is -2.52. The molecular weight excluding hydrogens is 432 g/mol. The molecule has 0 aliphatic carbocycles. The van der Waals surface area contributed by atoms with Gasteiger partial charge in [0.15, 0.2) is 5.60 Å². The number of carbonyl (C=O) groups excluding carboxylic acids is 4. The Labute approximate surface area is 190 Å². The van der Waals surface area contributed by atoms with Crippen LogP contribution in [-0.2, 0) is 33.3 Å². The van der Waals surface area contributed by atoms with Crippen LogP contribution in [0, 0.1) is 0 Å². The number of hydrogen-bond donors (Lipinski definition) is 0. The molecule has 0 radical (unpaired) electrons. The lowest BCUT2D eigenvalue weighted by Gasteiger charge is -2.33. The topological polar surface area (TPSA) is 114 Å². The van der Waals surface area contributed by atoms with Gasteiger partial charge in [-0.15, -0.1) is 0 Å². The predicted octanol–water partition coefficient (Wildman–Crippen LogP) is 2.68. The van der Waals surface area contributed by atoms with Crippen molar-refractivity contribution in [2.24, 2.45) is 0 Å². The molecule has 9 nitrogen and oxygen atoms in total. The van der Waals surface area contributed by atoms with E-state index in [2.05, 4.69) is 0 Å². The van der Waals surface area contributed by atoms with Crippen molar-refractivity contribution in [2.75, 3.05) is 6.61 Å². The van der Waals surface area contributed by atoms with Gasteiger partial charge >= 0.3 is 23.9 Å². The molecule has 0 saturated carbocycles. The fourth-order valence-corrected chi connectivity index (χ4v) is 3.45. The van der Waals surface area contributed by atoms with E-state index in [-0.39, 0.29) is 12.2 Å². The maximum Gasteiger partial charge on any atom is 0.338 e. The van der Waals surface area contributed by atoms with Crippen molar-refractivity contribution >= 4 is 23.9 Å². The van der Waals surface area contributed by atoms with E-state index < -0.39 is 48.0 Å². The monoisotopic (exact) mass is 456 g/mol. The van der Waals surface area contributed by atoms with Crippen molar-refractivity contribution in [3.63, 3.8) is 0 Å². The molecule has 0 N–H and O–H groups in total. The van der Waals surface area contributed by atoms with E-state index in [1.165, 1.54) is 13.8 Å². The Morgan fingerprint density at radius 1 is 0.818 bits per heavy atom. The minimum atomic E-state index is -1.62. The zero-order valence-corrected chi connectivity index (χ0v) is 18.4. The van der Waals surface area contributed by atoms with Crippen LogP contribution in [0.3, 0.4) is 0 Å². The van der Waals surface area contributed by atoms with E-state index in [1.807, 2.05) is 0 Å². The van der Waals surface area contributed by atoms with Gasteiger partial charge < -0.3 is 23.7 Å². The van der Waals surface area contributed by atoms with Gasteiger partial charge in [0.05, 0.1) is 11.1 Å². The Bertz CT molecular complexity index is 1010. The molecule has 1 fully saturated rings. The number of hydrogen-bond acceptors (Lipinski definition) is 9. The summed E-state index contributed by atoms with van der Waals surface area (Å²) < 4.78 is 27.4. The van der Waals surface area contributed by atoms with Crippen molar-refractivity contribution < 1.29 is 42.9 Å². The maximum atomic E-state index is 12.7. The summed E-state index contributed by atoms with van der Waals surface area (Å²) in [4.78, 5) is 48.7. The third-order valence-corrected chi connectivity index (χ3v) is 5.01. The summed E-state index contributed by atoms with van der Waals surface area (Å²) in [6.45, 7) is 3.44. The lowest BCUT2D eigenvalue weighted by molar-refractivity contribution is -0.188. The highest BCUT2D eigenvalue weighted by Gasteiger charge is 2.60. The van der Waals surface area contributed by atoms with Crippen molar-refractivity contribution in [3.8, 4) is 0 Å². The quantitative estimate of drug-likeness (QED) is 0.458. The molecule has 0 bridgehead atoms. The van der Waals surface area contributed by atoms with Crippen LogP contribution in [-0.4, -0.2) is 54.6 Å². The number of ether oxygens (including phenoxy) is 5. The normalized spacial score (nSPS) is 23.9. The van der Waals surface area contributed by atoms with Crippen LogP contribution < -0.4 is 0 Å². The van der Waals surface area contributed by atoms with Gasteiger partial charge in [-0.2, -0.15) is 0 Å². The second kappa shape index (κ2) is 10.3. The molecule has 33 heavy (non-hydrogen) atoms. The van der Waals surface area contributed by atoms with Crippen LogP contribution >= 0.6 is 0 Å². The molecule has 0 spiro atoms. The molecular formula is C24H24O9. The molecule has 1 aliphatic heterocycles. The first-order valence-electron chi connectivity index (χ1n) is 10.2. The first-order chi connectivity index (χ1) is 15.7. The summed E-state index contributed by atoms with van der Waals surface area (Å²) in [5.74, 6) is -2.75. The van der Waals surface area contributed by atoms with Gasteiger partial charge in [0, 0.05) is 13.8 Å². The smallest absolute Gasteiger partial charge is 0.338 e. The molecule has 0 aromatic heterocycles. The zero-order chi connectivity index (χ0) is 24.0. The molecule has 2 aromatic rings. The first kappa shape index (κ1) is 23.9. The molecule has 9 heteroatoms. The first-order valence-corrected chi connectivity index (χ1v) is 10.2. The second-order valence-corrected chi connectivity index (χ2v) is 7.54. The standard InChI is InChI=1S/C24H24O9/c1-15(25)30-23-20(32-22(28)18-12-8-5-9-13-18)24(3,33-16(2)26)19(31-23)14-29-21(27)17-10-6-4-7-11-17/h4-13,19-20,23H,14H2,1-3H3/t19-,20+,23-,24-/m1/s1. The minimum Gasteiger partial charge on any atom is -0.459 e. The predicted molar refractivity (Wildman–Crippen MR) is 113 cm³/mol. The molecule has 1 saturated heterocycles. The van der Waals surface area contributed by atoms with Crippen molar-refractivity contribution in [3.05, 3.63) is 71.8 Å².